The number of nitrogens with one attached hydrogen (secondary N) is 1. The predicted octanol–water partition coefficient (Wildman–Crippen LogP) is 2.66. The lowest BCUT2D eigenvalue weighted by atomic mass is 9.88. The Labute approximate surface area is 135 Å². The van der Waals surface area contributed by atoms with Crippen LogP contribution in [0.2, 0.25) is 0 Å². The van der Waals surface area contributed by atoms with E-state index in [0.29, 0.717) is 0 Å². The normalized spacial score (nSPS) is 16.7. The molecule has 0 aliphatic carbocycles. The minimum absolute atomic E-state index is 0.0853. The third kappa shape index (κ3) is 2.68. The number of phenolic OH excluding ortho intramolecular Hbond substituents is 2. The standard InChI is InChI=1S/C18H21NO4/c1-10-6-17(23-3)13(9-16(10)22-2)18-12-8-15(21)14(20)7-11(12)4-5-19-18/h6-9,18-21H,4-5H2,1-3H3. The number of rotatable bonds is 3. The highest BCUT2D eigenvalue weighted by Crippen LogP contribution is 2.40. The van der Waals surface area contributed by atoms with Gasteiger partial charge in [0.2, 0.25) is 0 Å². The first-order valence-corrected chi connectivity index (χ1v) is 7.55. The van der Waals surface area contributed by atoms with Gasteiger partial charge in [0.05, 0.1) is 20.3 Å². The van der Waals surface area contributed by atoms with Crippen LogP contribution in [0.25, 0.3) is 0 Å². The van der Waals surface area contributed by atoms with E-state index in [2.05, 4.69) is 5.32 Å². The molecule has 5 heteroatoms. The number of benzene rings is 2. The Hall–Kier alpha value is -2.40. The molecular formula is C18H21NO4. The number of hydrogen-bond acceptors (Lipinski definition) is 5. The third-order valence-electron chi connectivity index (χ3n) is 4.35. The van der Waals surface area contributed by atoms with Gasteiger partial charge in [-0.2, -0.15) is 0 Å². The molecule has 1 atom stereocenters. The third-order valence-corrected chi connectivity index (χ3v) is 4.35. The maximum Gasteiger partial charge on any atom is 0.157 e. The lowest BCUT2D eigenvalue weighted by Crippen LogP contribution is -2.30. The highest BCUT2D eigenvalue weighted by molar-refractivity contribution is 5.55. The second kappa shape index (κ2) is 6.01. The molecule has 0 amide bonds. The Morgan fingerprint density at radius 1 is 0.957 bits per heavy atom. The fourth-order valence-corrected chi connectivity index (χ4v) is 3.16. The van der Waals surface area contributed by atoms with Gasteiger partial charge in [-0.25, -0.2) is 0 Å². The fraction of sp³-hybridized carbons (Fsp3) is 0.333. The monoisotopic (exact) mass is 315 g/mol. The van der Waals surface area contributed by atoms with Crippen molar-refractivity contribution in [3.63, 3.8) is 0 Å². The Balaban J connectivity index is 2.16. The van der Waals surface area contributed by atoms with Crippen molar-refractivity contribution < 1.29 is 19.7 Å². The van der Waals surface area contributed by atoms with E-state index in [4.69, 9.17) is 9.47 Å². The van der Waals surface area contributed by atoms with Gasteiger partial charge in [-0.05, 0) is 54.3 Å². The van der Waals surface area contributed by atoms with Crippen LogP contribution in [0.5, 0.6) is 23.0 Å². The van der Waals surface area contributed by atoms with E-state index >= 15 is 0 Å². The second-order valence-corrected chi connectivity index (χ2v) is 5.74. The molecular weight excluding hydrogens is 294 g/mol. The van der Waals surface area contributed by atoms with Gasteiger partial charge in [0.25, 0.3) is 0 Å². The van der Waals surface area contributed by atoms with Crippen molar-refractivity contribution in [3.8, 4) is 23.0 Å². The van der Waals surface area contributed by atoms with Gasteiger partial charge in [-0.15, -0.1) is 0 Å². The SMILES string of the molecule is COc1cc(C2NCCc3cc(O)c(O)cc32)c(OC)cc1C. The molecule has 3 rings (SSSR count). The van der Waals surface area contributed by atoms with E-state index in [0.717, 1.165) is 46.7 Å². The summed E-state index contributed by atoms with van der Waals surface area (Å²) in [4.78, 5) is 0. The van der Waals surface area contributed by atoms with E-state index in [9.17, 15) is 10.2 Å². The van der Waals surface area contributed by atoms with Gasteiger partial charge >= 0.3 is 0 Å². The van der Waals surface area contributed by atoms with Crippen molar-refractivity contribution in [1.82, 2.24) is 5.32 Å². The molecule has 5 nitrogen and oxygen atoms in total. The number of phenols is 2. The van der Waals surface area contributed by atoms with Gasteiger partial charge in [0.15, 0.2) is 11.5 Å². The maximum atomic E-state index is 9.88. The number of aromatic hydroxyl groups is 2. The molecule has 3 N–H and O–H groups in total. The van der Waals surface area contributed by atoms with Crippen LogP contribution in [0.4, 0.5) is 0 Å². The summed E-state index contributed by atoms with van der Waals surface area (Å²) in [5.74, 6) is 1.35. The number of ether oxygens (including phenoxy) is 2. The largest absolute Gasteiger partial charge is 0.504 e. The molecule has 0 saturated heterocycles. The zero-order chi connectivity index (χ0) is 16.6. The molecule has 122 valence electrons. The summed E-state index contributed by atoms with van der Waals surface area (Å²) in [6.45, 7) is 2.75. The summed E-state index contributed by atoms with van der Waals surface area (Å²) in [7, 11) is 3.29. The van der Waals surface area contributed by atoms with Crippen LogP contribution in [0.1, 0.15) is 28.3 Å². The predicted molar refractivity (Wildman–Crippen MR) is 87.6 cm³/mol. The van der Waals surface area contributed by atoms with Gasteiger partial charge in [0.1, 0.15) is 11.5 Å². The van der Waals surface area contributed by atoms with Gasteiger partial charge in [-0.1, -0.05) is 0 Å². The van der Waals surface area contributed by atoms with E-state index < -0.39 is 0 Å². The average molecular weight is 315 g/mol. The van der Waals surface area contributed by atoms with Crippen LogP contribution >= 0.6 is 0 Å². The summed E-state index contributed by atoms with van der Waals surface area (Å²) in [5, 5.41) is 23.1. The lowest BCUT2D eigenvalue weighted by molar-refractivity contribution is 0.388. The Morgan fingerprint density at radius 2 is 1.65 bits per heavy atom. The zero-order valence-corrected chi connectivity index (χ0v) is 13.5. The summed E-state index contributed by atoms with van der Waals surface area (Å²) >= 11 is 0. The number of aryl methyl sites for hydroxylation is 1. The van der Waals surface area contributed by atoms with Gasteiger partial charge in [-0.3, -0.25) is 0 Å². The molecule has 0 saturated carbocycles. The van der Waals surface area contributed by atoms with Crippen molar-refractivity contribution in [2.24, 2.45) is 0 Å². The molecule has 1 aliphatic heterocycles. The van der Waals surface area contributed by atoms with E-state index in [-0.39, 0.29) is 17.5 Å². The maximum absolute atomic E-state index is 9.88. The number of methoxy groups -OCH3 is 2. The summed E-state index contributed by atoms with van der Waals surface area (Å²) in [6, 6.07) is 7.04. The fourth-order valence-electron chi connectivity index (χ4n) is 3.16. The molecule has 1 unspecified atom stereocenters. The van der Waals surface area contributed by atoms with Gasteiger partial charge < -0.3 is 25.0 Å². The van der Waals surface area contributed by atoms with Crippen LogP contribution in [-0.2, 0) is 6.42 Å². The van der Waals surface area contributed by atoms with Crippen molar-refractivity contribution in [2.75, 3.05) is 20.8 Å². The lowest BCUT2D eigenvalue weighted by Gasteiger charge is -2.29. The van der Waals surface area contributed by atoms with Crippen molar-refractivity contribution in [1.29, 1.82) is 0 Å². The molecule has 0 fully saturated rings. The summed E-state index contributed by atoms with van der Waals surface area (Å²) < 4.78 is 11.0. The molecule has 0 spiro atoms. The van der Waals surface area contributed by atoms with Crippen LogP contribution < -0.4 is 14.8 Å². The highest BCUT2D eigenvalue weighted by atomic mass is 16.5. The molecule has 1 heterocycles. The second-order valence-electron chi connectivity index (χ2n) is 5.74. The summed E-state index contributed by atoms with van der Waals surface area (Å²) in [6.07, 6.45) is 0.797. The molecule has 1 aliphatic rings. The quantitative estimate of drug-likeness (QED) is 0.760. The van der Waals surface area contributed by atoms with Crippen molar-refractivity contribution >= 4 is 0 Å². The van der Waals surface area contributed by atoms with E-state index in [1.54, 1.807) is 26.4 Å². The minimum atomic E-state index is -0.130. The summed E-state index contributed by atoms with van der Waals surface area (Å²) in [5.41, 5.74) is 3.90. The molecule has 2 aromatic rings. The van der Waals surface area contributed by atoms with Crippen LogP contribution in [0.3, 0.4) is 0 Å². The van der Waals surface area contributed by atoms with Crippen LogP contribution in [0, 0.1) is 6.92 Å². The number of fused-ring (bicyclic) bond motifs is 1. The van der Waals surface area contributed by atoms with Gasteiger partial charge in [0, 0.05) is 12.1 Å². The Morgan fingerprint density at radius 3 is 2.35 bits per heavy atom. The first-order valence-electron chi connectivity index (χ1n) is 7.55. The van der Waals surface area contributed by atoms with Crippen LogP contribution in [-0.4, -0.2) is 31.0 Å². The molecule has 0 bridgehead atoms. The zero-order valence-electron chi connectivity index (χ0n) is 13.5. The van der Waals surface area contributed by atoms with E-state index in [1.165, 1.54) is 0 Å². The first-order chi connectivity index (χ1) is 11.0. The highest BCUT2D eigenvalue weighted by Gasteiger charge is 2.26. The Bertz CT molecular complexity index is 742. The first kappa shape index (κ1) is 15.5. The molecule has 23 heavy (non-hydrogen) atoms. The van der Waals surface area contributed by atoms with Crippen LogP contribution in [0.15, 0.2) is 24.3 Å². The minimum Gasteiger partial charge on any atom is -0.504 e. The molecule has 0 aromatic heterocycles. The number of hydrogen-bond donors (Lipinski definition) is 3. The average Bonchev–Trinajstić information content (AvgIpc) is 2.55. The Kier molecular flexibility index (Phi) is 4.05. The van der Waals surface area contributed by atoms with Crippen molar-refractivity contribution in [2.45, 2.75) is 19.4 Å². The topological polar surface area (TPSA) is 71.0 Å². The molecule has 2 aromatic carbocycles. The van der Waals surface area contributed by atoms with Crippen molar-refractivity contribution in [3.05, 3.63) is 46.5 Å². The molecule has 0 radical (unpaired) electrons. The smallest absolute Gasteiger partial charge is 0.157 e. The van der Waals surface area contributed by atoms with E-state index in [1.807, 2.05) is 19.1 Å².